The van der Waals surface area contributed by atoms with Crippen molar-refractivity contribution in [1.29, 1.82) is 0 Å². The average Bonchev–Trinajstić information content (AvgIpc) is 2.68. The zero-order chi connectivity index (χ0) is 14.4. The van der Waals surface area contributed by atoms with E-state index in [0.29, 0.717) is 14.9 Å². The lowest BCUT2D eigenvalue weighted by Crippen LogP contribution is -2.37. The zero-order valence-electron chi connectivity index (χ0n) is 9.20. The number of hydrogen-bond acceptors (Lipinski definition) is 3. The number of fused-ring (bicyclic) bond motifs is 1. The molecular formula is C10H6BrF3N2O3. The summed E-state index contributed by atoms with van der Waals surface area (Å²) < 4.78 is 37.4. The van der Waals surface area contributed by atoms with E-state index in [9.17, 15) is 28.1 Å². The van der Waals surface area contributed by atoms with Gasteiger partial charge in [0.25, 0.3) is 5.69 Å². The van der Waals surface area contributed by atoms with E-state index in [0.717, 1.165) is 0 Å². The quantitative estimate of drug-likeness (QED) is 0.584. The molecule has 0 atom stereocenters. The van der Waals surface area contributed by atoms with Gasteiger partial charge in [-0.15, -0.1) is 0 Å². The van der Waals surface area contributed by atoms with E-state index in [1.807, 2.05) is 0 Å². The summed E-state index contributed by atoms with van der Waals surface area (Å²) in [6.45, 7) is -0.689. The molecule has 1 amide bonds. The largest absolute Gasteiger partial charge is 0.471 e. The maximum atomic E-state index is 12.3. The molecule has 0 aromatic heterocycles. The van der Waals surface area contributed by atoms with Gasteiger partial charge in [-0.25, -0.2) is 0 Å². The second-order valence-corrected chi connectivity index (χ2v) is 4.89. The Balaban J connectivity index is 2.37. The van der Waals surface area contributed by atoms with Crippen molar-refractivity contribution in [2.24, 2.45) is 0 Å². The highest BCUT2D eigenvalue weighted by molar-refractivity contribution is 9.10. The number of nitro benzene ring substituents is 1. The maximum absolute atomic E-state index is 12.3. The Morgan fingerprint density at radius 3 is 2.53 bits per heavy atom. The Morgan fingerprint density at radius 1 is 1.37 bits per heavy atom. The first-order chi connectivity index (χ1) is 8.70. The summed E-state index contributed by atoms with van der Waals surface area (Å²) >= 11 is 3.05. The van der Waals surface area contributed by atoms with E-state index in [1.54, 1.807) is 0 Å². The molecule has 0 unspecified atom stereocenters. The van der Waals surface area contributed by atoms with Crippen molar-refractivity contribution in [2.75, 3.05) is 0 Å². The van der Waals surface area contributed by atoms with Gasteiger partial charge in [-0.05, 0) is 11.6 Å². The summed E-state index contributed by atoms with van der Waals surface area (Å²) in [5, 5.41) is 10.8. The number of carbonyl (C=O) groups excluding carboxylic acids is 1. The number of benzene rings is 1. The van der Waals surface area contributed by atoms with Crippen LogP contribution in [0.2, 0.25) is 0 Å². The smallest absolute Gasteiger partial charge is 0.326 e. The van der Waals surface area contributed by atoms with Gasteiger partial charge in [-0.2, -0.15) is 13.2 Å². The number of alkyl halides is 3. The molecule has 0 N–H and O–H groups in total. The minimum absolute atomic E-state index is 0.144. The Morgan fingerprint density at radius 2 is 2.00 bits per heavy atom. The molecule has 5 nitrogen and oxygen atoms in total. The Bertz CT molecular complexity index is 574. The lowest BCUT2D eigenvalue weighted by Gasteiger charge is -2.16. The molecule has 0 aliphatic carbocycles. The second-order valence-electron chi connectivity index (χ2n) is 3.98. The number of nitro groups is 1. The van der Waals surface area contributed by atoms with E-state index < -0.39 is 23.6 Å². The summed E-state index contributed by atoms with van der Waals surface area (Å²) in [7, 11) is 0. The first-order valence-corrected chi connectivity index (χ1v) is 5.81. The van der Waals surface area contributed by atoms with Gasteiger partial charge in [0.2, 0.25) is 0 Å². The summed E-state index contributed by atoms with van der Waals surface area (Å²) in [4.78, 5) is 21.8. The Hall–Kier alpha value is -1.64. The fourth-order valence-corrected chi connectivity index (χ4v) is 2.43. The number of amides is 1. The number of hydrogen-bond donors (Lipinski definition) is 0. The highest BCUT2D eigenvalue weighted by Crippen LogP contribution is 2.35. The Kier molecular flexibility index (Phi) is 3.25. The van der Waals surface area contributed by atoms with E-state index in [1.165, 1.54) is 12.1 Å². The summed E-state index contributed by atoms with van der Waals surface area (Å²) in [6, 6.07) is 2.69. The number of nitrogens with zero attached hydrogens (tertiary/aromatic N) is 2. The van der Waals surface area contributed by atoms with Crippen LogP contribution in [0.3, 0.4) is 0 Å². The van der Waals surface area contributed by atoms with Gasteiger partial charge < -0.3 is 4.90 Å². The molecule has 1 aromatic carbocycles. The van der Waals surface area contributed by atoms with Crippen LogP contribution in [0.1, 0.15) is 11.1 Å². The monoisotopic (exact) mass is 338 g/mol. The third-order valence-electron chi connectivity index (χ3n) is 2.72. The fraction of sp³-hybridized carbons (Fsp3) is 0.300. The first kappa shape index (κ1) is 13.8. The third kappa shape index (κ3) is 2.55. The van der Waals surface area contributed by atoms with Crippen LogP contribution in [0.25, 0.3) is 0 Å². The van der Waals surface area contributed by atoms with Crippen molar-refractivity contribution in [2.45, 2.75) is 19.3 Å². The average molecular weight is 339 g/mol. The topological polar surface area (TPSA) is 63.5 Å². The molecule has 0 saturated carbocycles. The molecule has 0 saturated heterocycles. The first-order valence-electron chi connectivity index (χ1n) is 5.02. The number of halogens is 4. The van der Waals surface area contributed by atoms with E-state index in [4.69, 9.17) is 0 Å². The highest BCUT2D eigenvalue weighted by Gasteiger charge is 2.45. The predicted octanol–water partition coefficient (Wildman–Crippen LogP) is 2.76. The molecule has 2 rings (SSSR count). The van der Waals surface area contributed by atoms with Crippen molar-refractivity contribution in [3.05, 3.63) is 37.8 Å². The SMILES string of the molecule is O=C(N1Cc2cc(Br)cc([N+](=O)[O-])c2C1)C(F)(F)F. The van der Waals surface area contributed by atoms with Gasteiger partial charge in [0, 0.05) is 17.1 Å². The number of carbonyl (C=O) groups is 1. The molecular weight excluding hydrogens is 333 g/mol. The van der Waals surface area contributed by atoms with Gasteiger partial charge in [0.1, 0.15) is 0 Å². The number of rotatable bonds is 1. The van der Waals surface area contributed by atoms with Gasteiger partial charge in [-0.3, -0.25) is 14.9 Å². The Labute approximate surface area is 113 Å². The predicted molar refractivity (Wildman–Crippen MR) is 61.1 cm³/mol. The lowest BCUT2D eigenvalue weighted by molar-refractivity contribution is -0.385. The lowest BCUT2D eigenvalue weighted by atomic mass is 10.1. The fourth-order valence-electron chi connectivity index (χ4n) is 1.94. The van der Waals surface area contributed by atoms with E-state index in [2.05, 4.69) is 15.9 Å². The summed E-state index contributed by atoms with van der Waals surface area (Å²) in [5.74, 6) is -1.99. The molecule has 0 bridgehead atoms. The van der Waals surface area contributed by atoms with Crippen LogP contribution >= 0.6 is 15.9 Å². The molecule has 0 radical (unpaired) electrons. The summed E-state index contributed by atoms with van der Waals surface area (Å²) in [5.41, 5.74) is 0.200. The van der Waals surface area contributed by atoms with E-state index >= 15 is 0 Å². The second kappa shape index (κ2) is 4.48. The zero-order valence-corrected chi connectivity index (χ0v) is 10.8. The van der Waals surface area contributed by atoms with Gasteiger partial charge in [0.15, 0.2) is 0 Å². The van der Waals surface area contributed by atoms with Crippen LogP contribution in [0, 0.1) is 10.1 Å². The van der Waals surface area contributed by atoms with Crippen LogP contribution in [0.5, 0.6) is 0 Å². The molecule has 0 spiro atoms. The van der Waals surface area contributed by atoms with Crippen molar-refractivity contribution in [3.63, 3.8) is 0 Å². The molecule has 9 heteroatoms. The molecule has 19 heavy (non-hydrogen) atoms. The van der Waals surface area contributed by atoms with Crippen LogP contribution in [-0.4, -0.2) is 21.9 Å². The van der Waals surface area contributed by atoms with E-state index in [-0.39, 0.29) is 17.8 Å². The van der Waals surface area contributed by atoms with Crippen molar-refractivity contribution in [1.82, 2.24) is 4.90 Å². The van der Waals surface area contributed by atoms with Crippen LogP contribution in [0.15, 0.2) is 16.6 Å². The molecule has 1 heterocycles. The minimum atomic E-state index is -4.98. The third-order valence-corrected chi connectivity index (χ3v) is 3.18. The molecule has 1 aliphatic heterocycles. The molecule has 102 valence electrons. The highest BCUT2D eigenvalue weighted by atomic mass is 79.9. The van der Waals surface area contributed by atoms with Crippen LogP contribution in [-0.2, 0) is 17.9 Å². The van der Waals surface area contributed by atoms with Crippen molar-refractivity contribution < 1.29 is 22.9 Å². The summed E-state index contributed by atoms with van der Waals surface area (Å²) in [6.07, 6.45) is -4.98. The van der Waals surface area contributed by atoms with Gasteiger partial charge in [0.05, 0.1) is 17.0 Å². The normalized spacial score (nSPS) is 14.4. The molecule has 1 aliphatic rings. The minimum Gasteiger partial charge on any atom is -0.326 e. The maximum Gasteiger partial charge on any atom is 0.471 e. The van der Waals surface area contributed by atoms with Crippen molar-refractivity contribution >= 4 is 27.5 Å². The van der Waals surface area contributed by atoms with Crippen molar-refractivity contribution in [3.8, 4) is 0 Å². The molecule has 0 fully saturated rings. The van der Waals surface area contributed by atoms with Crippen LogP contribution < -0.4 is 0 Å². The van der Waals surface area contributed by atoms with Gasteiger partial charge >= 0.3 is 12.1 Å². The standard InChI is InChI=1S/C10H6BrF3N2O3/c11-6-1-5-3-15(9(17)10(12,13)14)4-7(5)8(2-6)16(18)19/h1-2H,3-4H2. The molecule has 1 aromatic rings. The van der Waals surface area contributed by atoms with Crippen LogP contribution in [0.4, 0.5) is 18.9 Å². The van der Waals surface area contributed by atoms with Gasteiger partial charge in [-0.1, -0.05) is 15.9 Å².